The van der Waals surface area contributed by atoms with Gasteiger partial charge in [-0.2, -0.15) is 0 Å². The summed E-state index contributed by atoms with van der Waals surface area (Å²) in [5.74, 6) is 0.103. The monoisotopic (exact) mass is 241 g/mol. The van der Waals surface area contributed by atoms with E-state index in [1.54, 1.807) is 0 Å². The molecule has 1 unspecified atom stereocenters. The average Bonchev–Trinajstić information content (AvgIpc) is 2.63. The maximum Gasteiger partial charge on any atom is 0.221 e. The molecule has 2 heterocycles. The highest BCUT2D eigenvalue weighted by atomic mass is 16.1. The van der Waals surface area contributed by atoms with Gasteiger partial charge in [0, 0.05) is 37.1 Å². The van der Waals surface area contributed by atoms with Crippen molar-refractivity contribution < 1.29 is 4.79 Å². The van der Waals surface area contributed by atoms with E-state index in [-0.39, 0.29) is 11.9 Å². The van der Waals surface area contributed by atoms with E-state index in [0.717, 1.165) is 23.0 Å². The average molecular weight is 241 g/mol. The minimum absolute atomic E-state index is 0.0698. The van der Waals surface area contributed by atoms with E-state index in [1.807, 2.05) is 30.5 Å². The Hall–Kier alpha value is -1.94. The van der Waals surface area contributed by atoms with Crippen LogP contribution in [0.15, 0.2) is 36.5 Å². The number of benzene rings is 1. The number of hydrogen-bond acceptors (Lipinski definition) is 3. The molecule has 2 N–H and O–H groups in total. The highest BCUT2D eigenvalue weighted by Gasteiger charge is 2.20. The molecule has 4 heteroatoms. The van der Waals surface area contributed by atoms with Crippen molar-refractivity contribution in [1.82, 2.24) is 15.6 Å². The fraction of sp³-hybridized carbons (Fsp3) is 0.286. The number of hydrogen-bond donors (Lipinski definition) is 2. The van der Waals surface area contributed by atoms with E-state index in [4.69, 9.17) is 0 Å². The van der Waals surface area contributed by atoms with Gasteiger partial charge in [-0.05, 0) is 17.7 Å². The number of rotatable bonds is 1. The van der Waals surface area contributed by atoms with E-state index >= 15 is 0 Å². The molecule has 0 aliphatic carbocycles. The van der Waals surface area contributed by atoms with Gasteiger partial charge in [0.25, 0.3) is 0 Å². The van der Waals surface area contributed by atoms with Crippen LogP contribution in [0.4, 0.5) is 0 Å². The van der Waals surface area contributed by atoms with Crippen LogP contribution in [0.2, 0.25) is 0 Å². The molecule has 1 aromatic heterocycles. The van der Waals surface area contributed by atoms with E-state index in [2.05, 4.69) is 21.7 Å². The Labute approximate surface area is 105 Å². The Morgan fingerprint density at radius 3 is 3.00 bits per heavy atom. The number of nitrogens with one attached hydrogen (secondary N) is 2. The molecule has 3 rings (SSSR count). The van der Waals surface area contributed by atoms with E-state index < -0.39 is 0 Å². The van der Waals surface area contributed by atoms with E-state index in [1.165, 1.54) is 0 Å². The first kappa shape index (κ1) is 11.2. The van der Waals surface area contributed by atoms with Crippen molar-refractivity contribution >= 4 is 16.8 Å². The van der Waals surface area contributed by atoms with Crippen LogP contribution in [0.3, 0.4) is 0 Å². The lowest BCUT2D eigenvalue weighted by atomic mass is 9.99. The first-order chi connectivity index (χ1) is 8.84. The maximum absolute atomic E-state index is 11.6. The van der Waals surface area contributed by atoms with Crippen molar-refractivity contribution in [2.75, 3.05) is 13.1 Å². The van der Waals surface area contributed by atoms with Gasteiger partial charge in [-0.25, -0.2) is 0 Å². The van der Waals surface area contributed by atoms with Crippen LogP contribution in [0.1, 0.15) is 18.0 Å². The minimum Gasteiger partial charge on any atom is -0.355 e. The van der Waals surface area contributed by atoms with Crippen molar-refractivity contribution in [3.8, 4) is 0 Å². The third kappa shape index (κ3) is 2.07. The van der Waals surface area contributed by atoms with Crippen LogP contribution in [0.5, 0.6) is 0 Å². The summed E-state index contributed by atoms with van der Waals surface area (Å²) in [7, 11) is 0. The molecule has 0 spiro atoms. The number of pyridine rings is 1. The molecule has 1 aromatic carbocycles. The Bertz CT molecular complexity index is 577. The number of fused-ring (bicyclic) bond motifs is 1. The normalized spacial score (nSPS) is 20.4. The van der Waals surface area contributed by atoms with Crippen LogP contribution >= 0.6 is 0 Å². The molecule has 4 nitrogen and oxygen atoms in total. The zero-order valence-electron chi connectivity index (χ0n) is 10.0. The molecule has 1 aliphatic rings. The minimum atomic E-state index is 0.0698. The van der Waals surface area contributed by atoms with Crippen LogP contribution < -0.4 is 10.6 Å². The lowest BCUT2D eigenvalue weighted by Crippen LogP contribution is -2.24. The fourth-order valence-electron chi connectivity index (χ4n) is 2.42. The molecule has 1 fully saturated rings. The number of amides is 1. The lowest BCUT2D eigenvalue weighted by Gasteiger charge is -2.16. The summed E-state index contributed by atoms with van der Waals surface area (Å²) >= 11 is 0. The standard InChI is InChI=1S/C14H15N3O/c18-14-9-13(16-7-8-17-14)11-5-6-15-12-4-2-1-3-10(11)12/h1-6,13,16H,7-9H2,(H,17,18). The van der Waals surface area contributed by atoms with Crippen molar-refractivity contribution in [1.29, 1.82) is 0 Å². The Balaban J connectivity index is 2.05. The maximum atomic E-state index is 11.6. The molecule has 2 aromatic rings. The van der Waals surface area contributed by atoms with Crippen LogP contribution in [0, 0.1) is 0 Å². The van der Waals surface area contributed by atoms with Gasteiger partial charge >= 0.3 is 0 Å². The summed E-state index contributed by atoms with van der Waals surface area (Å²) in [4.78, 5) is 16.0. The number of para-hydroxylation sites is 1. The van der Waals surface area contributed by atoms with Crippen molar-refractivity contribution in [3.05, 3.63) is 42.1 Å². The summed E-state index contributed by atoms with van der Waals surface area (Å²) in [6, 6.07) is 10.1. The molecule has 0 saturated carbocycles. The molecule has 0 radical (unpaired) electrons. The van der Waals surface area contributed by atoms with E-state index in [9.17, 15) is 4.79 Å². The quantitative estimate of drug-likeness (QED) is 0.793. The van der Waals surface area contributed by atoms with Gasteiger partial charge < -0.3 is 10.6 Å². The van der Waals surface area contributed by atoms with Crippen LogP contribution in [0.25, 0.3) is 10.9 Å². The fourth-order valence-corrected chi connectivity index (χ4v) is 2.42. The summed E-state index contributed by atoms with van der Waals surface area (Å²) in [6.45, 7) is 1.49. The second-order valence-electron chi connectivity index (χ2n) is 4.48. The summed E-state index contributed by atoms with van der Waals surface area (Å²) in [5, 5.41) is 7.40. The second kappa shape index (κ2) is 4.74. The van der Waals surface area contributed by atoms with Crippen molar-refractivity contribution in [3.63, 3.8) is 0 Å². The third-order valence-electron chi connectivity index (χ3n) is 3.29. The molecular formula is C14H15N3O. The number of nitrogens with zero attached hydrogens (tertiary/aromatic N) is 1. The lowest BCUT2D eigenvalue weighted by molar-refractivity contribution is -0.121. The number of aromatic nitrogens is 1. The molecular weight excluding hydrogens is 226 g/mol. The summed E-state index contributed by atoms with van der Waals surface area (Å²) in [6.07, 6.45) is 2.29. The highest BCUT2D eigenvalue weighted by Crippen LogP contribution is 2.25. The second-order valence-corrected chi connectivity index (χ2v) is 4.48. The summed E-state index contributed by atoms with van der Waals surface area (Å²) in [5.41, 5.74) is 2.12. The molecule has 1 aliphatic heterocycles. The van der Waals surface area contributed by atoms with Crippen LogP contribution in [-0.4, -0.2) is 24.0 Å². The van der Waals surface area contributed by atoms with Crippen molar-refractivity contribution in [2.45, 2.75) is 12.5 Å². The molecule has 1 amide bonds. The summed E-state index contributed by atoms with van der Waals surface area (Å²) < 4.78 is 0. The predicted molar refractivity (Wildman–Crippen MR) is 70.1 cm³/mol. The van der Waals surface area contributed by atoms with Gasteiger partial charge in [0.15, 0.2) is 0 Å². The number of carbonyl (C=O) groups is 1. The van der Waals surface area contributed by atoms with Gasteiger partial charge in [0.2, 0.25) is 5.91 Å². The Morgan fingerprint density at radius 1 is 1.17 bits per heavy atom. The molecule has 1 saturated heterocycles. The van der Waals surface area contributed by atoms with Gasteiger partial charge in [0.05, 0.1) is 5.52 Å². The van der Waals surface area contributed by atoms with E-state index in [0.29, 0.717) is 13.0 Å². The number of carbonyl (C=O) groups excluding carboxylic acids is 1. The van der Waals surface area contributed by atoms with Gasteiger partial charge in [-0.1, -0.05) is 18.2 Å². The third-order valence-corrected chi connectivity index (χ3v) is 3.29. The van der Waals surface area contributed by atoms with Gasteiger partial charge in [0.1, 0.15) is 0 Å². The first-order valence-corrected chi connectivity index (χ1v) is 6.18. The SMILES string of the molecule is O=C1CC(c2ccnc3ccccc23)NCCN1. The highest BCUT2D eigenvalue weighted by molar-refractivity contribution is 5.84. The molecule has 92 valence electrons. The Kier molecular flexibility index (Phi) is 2.94. The molecule has 1 atom stereocenters. The zero-order valence-corrected chi connectivity index (χ0v) is 10.0. The smallest absolute Gasteiger partial charge is 0.221 e. The topological polar surface area (TPSA) is 54.0 Å². The predicted octanol–water partition coefficient (Wildman–Crippen LogP) is 1.39. The molecule has 18 heavy (non-hydrogen) atoms. The largest absolute Gasteiger partial charge is 0.355 e. The van der Waals surface area contributed by atoms with Crippen LogP contribution in [-0.2, 0) is 4.79 Å². The first-order valence-electron chi connectivity index (χ1n) is 6.18. The van der Waals surface area contributed by atoms with Gasteiger partial charge in [-0.15, -0.1) is 0 Å². The van der Waals surface area contributed by atoms with Gasteiger partial charge in [-0.3, -0.25) is 9.78 Å². The zero-order chi connectivity index (χ0) is 12.4. The van der Waals surface area contributed by atoms with Crippen molar-refractivity contribution in [2.24, 2.45) is 0 Å². The molecule has 0 bridgehead atoms. The Morgan fingerprint density at radius 2 is 2.06 bits per heavy atom.